The van der Waals surface area contributed by atoms with Crippen LogP contribution in [0.2, 0.25) is 10.2 Å². The quantitative estimate of drug-likeness (QED) is 0.568. The van der Waals surface area contributed by atoms with Crippen molar-refractivity contribution in [2.75, 3.05) is 6.54 Å². The largest absolute Gasteiger partial charge is 0.351 e. The van der Waals surface area contributed by atoms with Gasteiger partial charge < -0.3 is 5.32 Å². The first-order valence-electron chi connectivity index (χ1n) is 5.86. The molecule has 2 rings (SSSR count). The summed E-state index contributed by atoms with van der Waals surface area (Å²) in [5, 5.41) is 14.4. The average molecular weight is 428 g/mol. The summed E-state index contributed by atoms with van der Waals surface area (Å²) in [6.07, 6.45) is 2.30. The Bertz CT molecular complexity index is 624. The zero-order valence-electron chi connectivity index (χ0n) is 10.6. The SMILES string of the molecule is Cc1nn(CCCNC(=O)c2[nH]ncc2I)c(Cl)c1Cl. The fraction of sp³-hybridized carbons (Fsp3) is 0.364. The molecule has 0 spiro atoms. The topological polar surface area (TPSA) is 75.6 Å². The minimum Gasteiger partial charge on any atom is -0.351 e. The second kappa shape index (κ2) is 6.77. The molecule has 2 N–H and O–H groups in total. The van der Waals surface area contributed by atoms with Crippen LogP contribution in [-0.4, -0.2) is 32.4 Å². The Hall–Kier alpha value is -0.800. The molecule has 9 heteroatoms. The van der Waals surface area contributed by atoms with Crippen LogP contribution in [0.3, 0.4) is 0 Å². The van der Waals surface area contributed by atoms with E-state index in [0.717, 1.165) is 3.57 Å². The number of amides is 1. The summed E-state index contributed by atoms with van der Waals surface area (Å²) in [6, 6.07) is 0. The van der Waals surface area contributed by atoms with Crippen molar-refractivity contribution in [3.05, 3.63) is 31.3 Å². The molecule has 0 saturated heterocycles. The molecule has 0 aromatic carbocycles. The van der Waals surface area contributed by atoms with Crippen LogP contribution < -0.4 is 5.32 Å². The van der Waals surface area contributed by atoms with Crippen LogP contribution in [0.25, 0.3) is 0 Å². The molecule has 2 aromatic rings. The van der Waals surface area contributed by atoms with Crippen molar-refractivity contribution < 1.29 is 4.79 Å². The lowest BCUT2D eigenvalue weighted by Gasteiger charge is -2.05. The van der Waals surface area contributed by atoms with Gasteiger partial charge in [-0.1, -0.05) is 23.2 Å². The molecule has 0 saturated carbocycles. The molecule has 108 valence electrons. The van der Waals surface area contributed by atoms with Gasteiger partial charge in [0.2, 0.25) is 0 Å². The molecule has 0 bridgehead atoms. The Morgan fingerprint density at radius 1 is 1.55 bits per heavy atom. The van der Waals surface area contributed by atoms with Gasteiger partial charge in [-0.25, -0.2) is 0 Å². The third kappa shape index (κ3) is 3.44. The second-order valence-electron chi connectivity index (χ2n) is 4.12. The van der Waals surface area contributed by atoms with Crippen molar-refractivity contribution in [2.24, 2.45) is 0 Å². The van der Waals surface area contributed by atoms with Crippen molar-refractivity contribution >= 4 is 51.7 Å². The van der Waals surface area contributed by atoms with Crippen LogP contribution in [0, 0.1) is 10.5 Å². The minimum absolute atomic E-state index is 0.173. The van der Waals surface area contributed by atoms with Crippen LogP contribution in [-0.2, 0) is 6.54 Å². The summed E-state index contributed by atoms with van der Waals surface area (Å²) >= 11 is 14.0. The summed E-state index contributed by atoms with van der Waals surface area (Å²) < 4.78 is 2.42. The average Bonchev–Trinajstić information content (AvgIpc) is 2.94. The molecule has 2 heterocycles. The Kier molecular flexibility index (Phi) is 5.28. The molecule has 0 fully saturated rings. The smallest absolute Gasteiger partial charge is 0.270 e. The van der Waals surface area contributed by atoms with Crippen LogP contribution in [0.5, 0.6) is 0 Å². The van der Waals surface area contributed by atoms with Crippen molar-refractivity contribution in [3.63, 3.8) is 0 Å². The summed E-state index contributed by atoms with van der Waals surface area (Å²) in [5.74, 6) is -0.173. The van der Waals surface area contributed by atoms with Gasteiger partial charge in [0.1, 0.15) is 15.9 Å². The number of rotatable bonds is 5. The summed E-state index contributed by atoms with van der Waals surface area (Å²) in [5.41, 5.74) is 1.18. The Morgan fingerprint density at radius 2 is 2.30 bits per heavy atom. The Balaban J connectivity index is 1.81. The van der Waals surface area contributed by atoms with E-state index in [-0.39, 0.29) is 5.91 Å². The highest BCUT2D eigenvalue weighted by atomic mass is 127. The summed E-state index contributed by atoms with van der Waals surface area (Å²) in [4.78, 5) is 11.8. The van der Waals surface area contributed by atoms with Gasteiger partial charge in [0.05, 0.1) is 15.5 Å². The third-order valence-corrected chi connectivity index (χ3v) is 4.40. The maximum atomic E-state index is 11.8. The Morgan fingerprint density at radius 3 is 2.85 bits per heavy atom. The number of nitrogens with one attached hydrogen (secondary N) is 2. The molecule has 1 amide bonds. The van der Waals surface area contributed by atoms with E-state index in [4.69, 9.17) is 23.2 Å². The van der Waals surface area contributed by atoms with Gasteiger partial charge in [-0.15, -0.1) is 0 Å². The molecule has 0 aliphatic heterocycles. The van der Waals surface area contributed by atoms with Crippen molar-refractivity contribution in [2.45, 2.75) is 19.9 Å². The second-order valence-corrected chi connectivity index (χ2v) is 6.01. The van der Waals surface area contributed by atoms with Crippen LogP contribution >= 0.6 is 45.8 Å². The number of carbonyl (C=O) groups is 1. The molecular weight excluding hydrogens is 416 g/mol. The number of carbonyl (C=O) groups excluding carboxylic acids is 1. The molecule has 0 radical (unpaired) electrons. The molecule has 0 aliphatic carbocycles. The number of aromatic nitrogens is 4. The van der Waals surface area contributed by atoms with Crippen molar-refractivity contribution in [1.82, 2.24) is 25.3 Å². The maximum absolute atomic E-state index is 11.8. The number of hydrogen-bond acceptors (Lipinski definition) is 3. The van der Waals surface area contributed by atoms with E-state index in [0.29, 0.717) is 41.1 Å². The number of aromatic amines is 1. The lowest BCUT2D eigenvalue weighted by atomic mass is 10.3. The standard InChI is InChI=1S/C11H12Cl2IN5O/c1-6-8(12)10(13)19(18-6)4-2-3-15-11(20)9-7(14)5-16-17-9/h5H,2-4H2,1H3,(H,15,20)(H,16,17). The Labute approximate surface area is 139 Å². The summed E-state index contributed by atoms with van der Waals surface area (Å²) in [6.45, 7) is 2.90. The van der Waals surface area contributed by atoms with Gasteiger partial charge in [-0.2, -0.15) is 10.2 Å². The number of hydrogen-bond donors (Lipinski definition) is 2. The molecule has 20 heavy (non-hydrogen) atoms. The predicted molar refractivity (Wildman–Crippen MR) is 85.2 cm³/mol. The first kappa shape index (κ1) is 15.6. The number of aryl methyl sites for hydroxylation is 2. The predicted octanol–water partition coefficient (Wildman–Crippen LogP) is 2.65. The van der Waals surface area contributed by atoms with E-state index in [9.17, 15) is 4.79 Å². The molecule has 2 aromatic heterocycles. The molecule has 0 unspecified atom stereocenters. The van der Waals surface area contributed by atoms with E-state index in [2.05, 4.69) is 43.2 Å². The fourth-order valence-electron chi connectivity index (χ4n) is 1.63. The first-order valence-corrected chi connectivity index (χ1v) is 7.69. The van der Waals surface area contributed by atoms with Gasteiger partial charge in [-0.05, 0) is 35.9 Å². The lowest BCUT2D eigenvalue weighted by molar-refractivity contribution is 0.0946. The molecule has 6 nitrogen and oxygen atoms in total. The zero-order valence-corrected chi connectivity index (χ0v) is 14.3. The normalized spacial score (nSPS) is 10.8. The summed E-state index contributed by atoms with van der Waals surface area (Å²) in [7, 11) is 0. The van der Waals surface area contributed by atoms with E-state index in [1.807, 2.05) is 0 Å². The number of H-pyrrole nitrogens is 1. The van der Waals surface area contributed by atoms with Crippen molar-refractivity contribution in [1.29, 1.82) is 0 Å². The highest BCUT2D eigenvalue weighted by Crippen LogP contribution is 2.24. The van der Waals surface area contributed by atoms with Crippen LogP contribution in [0.4, 0.5) is 0 Å². The van der Waals surface area contributed by atoms with E-state index in [1.54, 1.807) is 17.8 Å². The first-order chi connectivity index (χ1) is 9.50. The van der Waals surface area contributed by atoms with Crippen molar-refractivity contribution in [3.8, 4) is 0 Å². The van der Waals surface area contributed by atoms with E-state index < -0.39 is 0 Å². The number of halogens is 3. The molecule has 0 aliphatic rings. The highest BCUT2D eigenvalue weighted by Gasteiger charge is 2.12. The number of nitrogens with zero attached hydrogens (tertiary/aromatic N) is 3. The third-order valence-electron chi connectivity index (χ3n) is 2.65. The maximum Gasteiger partial charge on any atom is 0.270 e. The fourth-order valence-corrected chi connectivity index (χ4v) is 2.53. The van der Waals surface area contributed by atoms with Gasteiger partial charge >= 0.3 is 0 Å². The lowest BCUT2D eigenvalue weighted by Crippen LogP contribution is -2.26. The van der Waals surface area contributed by atoms with Gasteiger partial charge in [-0.3, -0.25) is 14.6 Å². The van der Waals surface area contributed by atoms with E-state index in [1.165, 1.54) is 0 Å². The zero-order chi connectivity index (χ0) is 14.7. The monoisotopic (exact) mass is 427 g/mol. The van der Waals surface area contributed by atoms with Gasteiger partial charge in [0.25, 0.3) is 5.91 Å². The highest BCUT2D eigenvalue weighted by molar-refractivity contribution is 14.1. The van der Waals surface area contributed by atoms with Gasteiger partial charge in [0, 0.05) is 13.1 Å². The van der Waals surface area contributed by atoms with Crippen LogP contribution in [0.1, 0.15) is 22.6 Å². The van der Waals surface area contributed by atoms with Gasteiger partial charge in [0.15, 0.2) is 0 Å². The molecule has 0 atom stereocenters. The van der Waals surface area contributed by atoms with E-state index >= 15 is 0 Å². The minimum atomic E-state index is -0.173. The van der Waals surface area contributed by atoms with Crippen LogP contribution in [0.15, 0.2) is 6.20 Å². The molecular formula is C11H12Cl2IN5O.